The molecule has 34 heavy (non-hydrogen) atoms. The van der Waals surface area contributed by atoms with Crippen LogP contribution in [0, 0.1) is 11.3 Å². The topological polar surface area (TPSA) is 64.6 Å². The predicted octanol–water partition coefficient (Wildman–Crippen LogP) is 5.59. The number of rotatable bonds is 6. The summed E-state index contributed by atoms with van der Waals surface area (Å²) in [6, 6.07) is 7.52. The van der Waals surface area contributed by atoms with Crippen LogP contribution in [0.1, 0.15) is 18.7 Å². The van der Waals surface area contributed by atoms with E-state index < -0.39 is 0 Å². The number of fused-ring (bicyclic) bond motifs is 1. The first-order valence-electron chi connectivity index (χ1n) is 11.2. The fourth-order valence-electron chi connectivity index (χ4n) is 5.02. The van der Waals surface area contributed by atoms with Crippen LogP contribution >= 0.6 is 23.2 Å². The highest BCUT2D eigenvalue weighted by Gasteiger charge is 2.55. The molecule has 2 aromatic carbocycles. The molecule has 2 aliphatic rings. The number of carbonyl (C=O) groups is 1. The molecule has 1 aromatic heterocycles. The maximum absolute atomic E-state index is 12.1. The van der Waals surface area contributed by atoms with Gasteiger partial charge in [0.1, 0.15) is 17.3 Å². The number of hydrogen-bond acceptors (Lipinski definition) is 5. The molecule has 1 atom stereocenters. The van der Waals surface area contributed by atoms with E-state index in [0.29, 0.717) is 33.0 Å². The second kappa shape index (κ2) is 8.75. The second-order valence-corrected chi connectivity index (χ2v) is 9.79. The summed E-state index contributed by atoms with van der Waals surface area (Å²) in [5, 5.41) is 1.71. The molecule has 1 aliphatic carbocycles. The van der Waals surface area contributed by atoms with Crippen LogP contribution in [0.25, 0.3) is 22.0 Å². The second-order valence-electron chi connectivity index (χ2n) is 9.03. The van der Waals surface area contributed by atoms with Crippen LogP contribution in [-0.2, 0) is 11.2 Å². The molecule has 0 bridgehead atoms. The number of carbonyl (C=O) groups excluding carboxylic acids is 1. The van der Waals surface area contributed by atoms with Crippen molar-refractivity contribution in [2.24, 2.45) is 11.3 Å². The van der Waals surface area contributed by atoms with Gasteiger partial charge in [-0.1, -0.05) is 35.8 Å². The number of nitrogens with zero attached hydrogens (tertiary/aromatic N) is 3. The number of hydrogen-bond donors (Lipinski definition) is 0. The van der Waals surface area contributed by atoms with Crippen molar-refractivity contribution < 1.29 is 14.3 Å². The van der Waals surface area contributed by atoms with E-state index in [2.05, 4.69) is 11.6 Å². The number of aromatic nitrogens is 2. The minimum absolute atomic E-state index is 0.00669. The lowest BCUT2D eigenvalue weighted by atomic mass is 9.89. The molecule has 0 N–H and O–H groups in total. The van der Waals surface area contributed by atoms with E-state index in [1.165, 1.54) is 6.08 Å². The summed E-state index contributed by atoms with van der Waals surface area (Å²) in [6.07, 6.45) is 6.30. The van der Waals surface area contributed by atoms with Crippen LogP contribution in [0.5, 0.6) is 11.5 Å². The molecule has 1 aliphatic heterocycles. The van der Waals surface area contributed by atoms with Gasteiger partial charge in [0.15, 0.2) is 0 Å². The van der Waals surface area contributed by atoms with Crippen molar-refractivity contribution in [2.45, 2.75) is 19.3 Å². The van der Waals surface area contributed by atoms with E-state index in [1.54, 1.807) is 20.3 Å². The molecule has 2 fully saturated rings. The largest absolute Gasteiger partial charge is 0.495 e. The third kappa shape index (κ3) is 3.89. The third-order valence-corrected chi connectivity index (χ3v) is 7.86. The van der Waals surface area contributed by atoms with Gasteiger partial charge in [-0.3, -0.25) is 4.79 Å². The molecule has 1 spiro atoms. The van der Waals surface area contributed by atoms with E-state index in [1.807, 2.05) is 29.3 Å². The van der Waals surface area contributed by atoms with Crippen LogP contribution in [0.3, 0.4) is 0 Å². The zero-order valence-corrected chi connectivity index (χ0v) is 20.6. The number of benzene rings is 2. The number of ether oxygens (including phenoxy) is 2. The van der Waals surface area contributed by atoms with Crippen molar-refractivity contribution in [3.8, 4) is 22.6 Å². The van der Waals surface area contributed by atoms with Gasteiger partial charge in [0, 0.05) is 42.7 Å². The SMILES string of the molecule is C=CC(=O)N1C[C@@H](Cc2ncc3cc(-c4c(Cl)c(OC)cc(OC)c4Cl)ccc3n2)C2(CC2)C1. The van der Waals surface area contributed by atoms with Gasteiger partial charge in [-0.2, -0.15) is 0 Å². The highest BCUT2D eigenvalue weighted by atomic mass is 35.5. The van der Waals surface area contributed by atoms with Gasteiger partial charge in [-0.15, -0.1) is 0 Å². The van der Waals surface area contributed by atoms with E-state index in [0.717, 1.165) is 54.6 Å². The van der Waals surface area contributed by atoms with Crippen LogP contribution in [-0.4, -0.2) is 48.1 Å². The van der Waals surface area contributed by atoms with Gasteiger partial charge in [0.2, 0.25) is 5.91 Å². The highest BCUT2D eigenvalue weighted by molar-refractivity contribution is 6.41. The summed E-state index contributed by atoms with van der Waals surface area (Å²) in [5.41, 5.74) is 2.53. The maximum atomic E-state index is 12.1. The van der Waals surface area contributed by atoms with Gasteiger partial charge >= 0.3 is 0 Å². The zero-order valence-electron chi connectivity index (χ0n) is 19.1. The molecule has 0 unspecified atom stereocenters. The molecule has 176 valence electrons. The molecule has 0 radical (unpaired) electrons. The van der Waals surface area contributed by atoms with Crippen LogP contribution in [0.4, 0.5) is 0 Å². The number of methoxy groups -OCH3 is 2. The normalized spacial score (nSPS) is 18.4. The summed E-state index contributed by atoms with van der Waals surface area (Å²) in [6.45, 7) is 5.18. The Hall–Kier alpha value is -2.83. The number of amides is 1. The van der Waals surface area contributed by atoms with Crippen LogP contribution in [0.15, 0.2) is 43.1 Å². The average molecular weight is 498 g/mol. The molecular weight excluding hydrogens is 473 g/mol. The Morgan fingerprint density at radius 1 is 1.21 bits per heavy atom. The highest BCUT2D eigenvalue weighted by Crippen LogP contribution is 2.57. The smallest absolute Gasteiger partial charge is 0.245 e. The Labute approximate surface area is 208 Å². The van der Waals surface area contributed by atoms with Crippen molar-refractivity contribution in [2.75, 3.05) is 27.3 Å². The standard InChI is InChI=1S/C26H25Cl2N3O3/c1-4-22(32)31-13-17(26(14-31)7-8-26)10-21-29-12-16-9-15(5-6-18(16)30-21)23-24(27)19(33-2)11-20(34-3)25(23)28/h4-6,9,11-12,17H,1,7-8,10,13-14H2,2-3H3/t17-/m1/s1. The molecule has 5 rings (SSSR count). The molecule has 1 saturated carbocycles. The van der Waals surface area contributed by atoms with Crippen molar-refractivity contribution in [3.05, 3.63) is 59.0 Å². The fraction of sp³-hybridized carbons (Fsp3) is 0.346. The van der Waals surface area contributed by atoms with E-state index >= 15 is 0 Å². The Balaban J connectivity index is 1.44. The maximum Gasteiger partial charge on any atom is 0.245 e. The summed E-state index contributed by atoms with van der Waals surface area (Å²) in [5.74, 6) is 2.14. The molecule has 1 amide bonds. The van der Waals surface area contributed by atoms with E-state index in [4.69, 9.17) is 37.7 Å². The summed E-state index contributed by atoms with van der Waals surface area (Å²) in [4.78, 5) is 23.5. The summed E-state index contributed by atoms with van der Waals surface area (Å²) < 4.78 is 10.8. The predicted molar refractivity (Wildman–Crippen MR) is 134 cm³/mol. The van der Waals surface area contributed by atoms with Crippen molar-refractivity contribution in [1.82, 2.24) is 14.9 Å². The summed E-state index contributed by atoms with van der Waals surface area (Å²) >= 11 is 13.2. The lowest BCUT2D eigenvalue weighted by molar-refractivity contribution is -0.125. The van der Waals surface area contributed by atoms with Crippen molar-refractivity contribution in [1.29, 1.82) is 0 Å². The Morgan fingerprint density at radius 2 is 1.91 bits per heavy atom. The minimum Gasteiger partial charge on any atom is -0.495 e. The van der Waals surface area contributed by atoms with Crippen LogP contribution < -0.4 is 9.47 Å². The lowest BCUT2D eigenvalue weighted by Gasteiger charge is -2.16. The van der Waals surface area contributed by atoms with Gasteiger partial charge < -0.3 is 14.4 Å². The molecule has 1 saturated heterocycles. The van der Waals surface area contributed by atoms with Crippen LogP contribution in [0.2, 0.25) is 10.0 Å². The molecule has 3 aromatic rings. The third-order valence-electron chi connectivity index (χ3n) is 7.11. The van der Waals surface area contributed by atoms with Crippen molar-refractivity contribution >= 4 is 40.0 Å². The molecule has 6 nitrogen and oxygen atoms in total. The van der Waals surface area contributed by atoms with E-state index in [9.17, 15) is 4.79 Å². The Kier molecular flexibility index (Phi) is 5.90. The first kappa shape index (κ1) is 22.9. The van der Waals surface area contributed by atoms with Gasteiger partial charge in [-0.05, 0) is 47.9 Å². The van der Waals surface area contributed by atoms with Gasteiger partial charge in [0.05, 0.1) is 29.8 Å². The quantitative estimate of drug-likeness (QED) is 0.415. The molecule has 2 heterocycles. The number of halogens is 2. The first-order valence-corrected chi connectivity index (χ1v) is 11.9. The monoisotopic (exact) mass is 497 g/mol. The Bertz CT molecular complexity index is 1280. The van der Waals surface area contributed by atoms with Crippen molar-refractivity contribution in [3.63, 3.8) is 0 Å². The zero-order chi connectivity index (χ0) is 24.0. The lowest BCUT2D eigenvalue weighted by Crippen LogP contribution is -2.27. The van der Waals surface area contributed by atoms with Gasteiger partial charge in [0.25, 0.3) is 0 Å². The Morgan fingerprint density at radius 3 is 2.53 bits per heavy atom. The fourth-order valence-corrected chi connectivity index (χ4v) is 5.74. The molecular formula is C26H25Cl2N3O3. The van der Waals surface area contributed by atoms with Gasteiger partial charge in [-0.25, -0.2) is 9.97 Å². The summed E-state index contributed by atoms with van der Waals surface area (Å²) in [7, 11) is 3.10. The average Bonchev–Trinajstić information content (AvgIpc) is 3.54. The number of likely N-dealkylation sites (tertiary alicyclic amines) is 1. The van der Waals surface area contributed by atoms with E-state index in [-0.39, 0.29) is 11.3 Å². The first-order chi connectivity index (χ1) is 16.4. The molecule has 8 heteroatoms. The minimum atomic E-state index is 0.00669.